The van der Waals surface area contributed by atoms with Gasteiger partial charge in [0.1, 0.15) is 11.9 Å². The summed E-state index contributed by atoms with van der Waals surface area (Å²) in [6.45, 7) is 4.30. The molecule has 1 saturated carbocycles. The molecule has 8 rings (SSSR count). The Hall–Kier alpha value is -3.10. The number of carbonyl (C=O) groups is 1. The predicted octanol–water partition coefficient (Wildman–Crippen LogP) is 2.98. The van der Waals surface area contributed by atoms with Crippen molar-refractivity contribution in [3.05, 3.63) is 65.0 Å². The molecule has 7 nitrogen and oxygen atoms in total. The second kappa shape index (κ2) is 8.21. The first-order valence-electron chi connectivity index (χ1n) is 14.4. The number of nitrogens with zero attached hydrogens (tertiary/aromatic N) is 3. The van der Waals surface area contributed by atoms with Crippen molar-refractivity contribution in [2.45, 2.75) is 55.3 Å². The van der Waals surface area contributed by atoms with Gasteiger partial charge < -0.3 is 24.7 Å². The Balaban J connectivity index is 1.12. The van der Waals surface area contributed by atoms with Crippen molar-refractivity contribution in [1.29, 1.82) is 0 Å². The van der Waals surface area contributed by atoms with Crippen molar-refractivity contribution in [2.24, 2.45) is 5.92 Å². The van der Waals surface area contributed by atoms with Crippen molar-refractivity contribution >= 4 is 11.6 Å². The number of ether oxygens (including phenoxy) is 1. The number of aromatic hydroxyl groups is 1. The van der Waals surface area contributed by atoms with E-state index in [0.29, 0.717) is 50.3 Å². The van der Waals surface area contributed by atoms with Crippen LogP contribution in [-0.2, 0) is 16.6 Å². The number of piperidine rings is 1. The molecule has 2 aromatic carbocycles. The van der Waals surface area contributed by atoms with Gasteiger partial charge in [-0.15, -0.1) is 0 Å². The zero-order valence-corrected chi connectivity index (χ0v) is 22.0. The summed E-state index contributed by atoms with van der Waals surface area (Å²) in [5.74, 6) is 0.947. The van der Waals surface area contributed by atoms with E-state index in [1.807, 2.05) is 17.0 Å². The van der Waals surface area contributed by atoms with Gasteiger partial charge in [0.15, 0.2) is 11.5 Å². The number of carbonyl (C=O) groups excluding carboxylic acids is 1. The summed E-state index contributed by atoms with van der Waals surface area (Å²) in [7, 11) is 0. The van der Waals surface area contributed by atoms with Crippen LogP contribution >= 0.6 is 0 Å². The fourth-order valence-corrected chi connectivity index (χ4v) is 8.31. The minimum atomic E-state index is -1.05. The monoisotopic (exact) mass is 531 g/mol. The largest absolute Gasteiger partial charge is 0.504 e. The summed E-state index contributed by atoms with van der Waals surface area (Å²) >= 11 is 0. The van der Waals surface area contributed by atoms with E-state index in [-0.39, 0.29) is 23.5 Å². The third-order valence-electron chi connectivity index (χ3n) is 10.4. The third kappa shape index (κ3) is 3.24. The van der Waals surface area contributed by atoms with Gasteiger partial charge in [0, 0.05) is 50.0 Å². The SMILES string of the molecule is O=C(C1=CC[C@@]2(O)[C@H]3Cc4ccc(O)c5c4[C@@]2(CCN3CC2CC2)[C@H]1O5)N1CCN(c2ccc(F)cc2)CC1. The van der Waals surface area contributed by atoms with Crippen LogP contribution in [0.3, 0.4) is 0 Å². The van der Waals surface area contributed by atoms with Gasteiger partial charge in [-0.1, -0.05) is 12.1 Å². The Bertz CT molecular complexity index is 1380. The number of likely N-dealkylation sites (tertiary alicyclic amines) is 1. The molecule has 3 fully saturated rings. The Labute approximate surface area is 227 Å². The first kappa shape index (κ1) is 23.8. The number of rotatable bonds is 4. The number of hydrogen-bond acceptors (Lipinski definition) is 6. The van der Waals surface area contributed by atoms with E-state index in [9.17, 15) is 19.4 Å². The Morgan fingerprint density at radius 3 is 2.56 bits per heavy atom. The number of amides is 1. The van der Waals surface area contributed by atoms with Gasteiger partial charge in [0.25, 0.3) is 5.91 Å². The molecule has 2 saturated heterocycles. The summed E-state index contributed by atoms with van der Waals surface area (Å²) < 4.78 is 19.9. The van der Waals surface area contributed by atoms with Crippen LogP contribution in [0.4, 0.5) is 10.1 Å². The van der Waals surface area contributed by atoms with Crippen LogP contribution in [0.15, 0.2) is 48.0 Å². The molecular weight excluding hydrogens is 497 g/mol. The van der Waals surface area contributed by atoms with Crippen molar-refractivity contribution in [3.8, 4) is 11.5 Å². The van der Waals surface area contributed by atoms with Gasteiger partial charge in [-0.3, -0.25) is 9.69 Å². The molecule has 2 bridgehead atoms. The first-order chi connectivity index (χ1) is 18.9. The van der Waals surface area contributed by atoms with Crippen molar-refractivity contribution in [2.75, 3.05) is 44.2 Å². The maximum absolute atomic E-state index is 14.1. The van der Waals surface area contributed by atoms with Crippen LogP contribution in [0.2, 0.25) is 0 Å². The molecular formula is C31H34FN3O4. The molecule has 0 unspecified atom stereocenters. The van der Waals surface area contributed by atoms with E-state index in [2.05, 4.69) is 9.80 Å². The zero-order chi connectivity index (χ0) is 26.5. The summed E-state index contributed by atoms with van der Waals surface area (Å²) in [5.41, 5.74) is 1.82. The van der Waals surface area contributed by atoms with E-state index in [4.69, 9.17) is 4.74 Å². The zero-order valence-electron chi connectivity index (χ0n) is 22.0. The number of benzene rings is 2. The van der Waals surface area contributed by atoms with Crippen LogP contribution < -0.4 is 9.64 Å². The van der Waals surface area contributed by atoms with Crippen LogP contribution in [0.25, 0.3) is 0 Å². The molecule has 1 amide bonds. The molecule has 2 aromatic rings. The Kier molecular flexibility index (Phi) is 5.00. The van der Waals surface area contributed by atoms with Gasteiger partial charge in [0.2, 0.25) is 0 Å². The van der Waals surface area contributed by atoms with Gasteiger partial charge in [-0.05, 0) is 80.5 Å². The lowest BCUT2D eigenvalue weighted by Crippen LogP contribution is -2.75. The van der Waals surface area contributed by atoms with Gasteiger partial charge in [-0.2, -0.15) is 0 Å². The highest BCUT2D eigenvalue weighted by atomic mass is 19.1. The van der Waals surface area contributed by atoms with E-state index in [1.54, 1.807) is 18.2 Å². The average Bonchev–Trinajstić information content (AvgIpc) is 3.69. The lowest BCUT2D eigenvalue weighted by atomic mass is 9.49. The summed E-state index contributed by atoms with van der Waals surface area (Å²) in [5, 5.41) is 23.4. The van der Waals surface area contributed by atoms with E-state index < -0.39 is 17.1 Å². The Morgan fingerprint density at radius 2 is 1.82 bits per heavy atom. The summed E-state index contributed by atoms with van der Waals surface area (Å²) in [4.78, 5) is 20.6. The lowest BCUT2D eigenvalue weighted by Gasteiger charge is -2.62. The normalized spacial score (nSPS) is 32.9. The first-order valence-corrected chi connectivity index (χ1v) is 14.4. The van der Waals surface area contributed by atoms with Crippen molar-refractivity contribution < 1.29 is 24.1 Å². The number of halogens is 1. The van der Waals surface area contributed by atoms with Crippen molar-refractivity contribution in [1.82, 2.24) is 9.80 Å². The highest BCUT2D eigenvalue weighted by molar-refractivity contribution is 5.96. The number of piperazine rings is 1. The minimum Gasteiger partial charge on any atom is -0.504 e. The number of hydrogen-bond donors (Lipinski definition) is 2. The van der Waals surface area contributed by atoms with E-state index in [0.717, 1.165) is 42.2 Å². The number of aliphatic hydroxyl groups is 1. The fraction of sp³-hybridized carbons (Fsp3) is 0.516. The molecule has 39 heavy (non-hydrogen) atoms. The number of phenolic OH excluding ortho intramolecular Hbond substituents is 1. The van der Waals surface area contributed by atoms with Gasteiger partial charge >= 0.3 is 0 Å². The molecule has 3 aliphatic heterocycles. The molecule has 0 aromatic heterocycles. The molecule has 3 aliphatic carbocycles. The molecule has 2 N–H and O–H groups in total. The van der Waals surface area contributed by atoms with Crippen LogP contribution in [0, 0.1) is 11.7 Å². The van der Waals surface area contributed by atoms with Gasteiger partial charge in [-0.25, -0.2) is 4.39 Å². The average molecular weight is 532 g/mol. The maximum Gasteiger partial charge on any atom is 0.253 e. The quantitative estimate of drug-likeness (QED) is 0.632. The minimum absolute atomic E-state index is 0.0342. The fourth-order valence-electron chi connectivity index (χ4n) is 8.31. The number of anilines is 1. The maximum atomic E-state index is 14.1. The topological polar surface area (TPSA) is 76.5 Å². The van der Waals surface area contributed by atoms with E-state index in [1.165, 1.54) is 25.0 Å². The lowest BCUT2D eigenvalue weighted by molar-refractivity contribution is -0.166. The van der Waals surface area contributed by atoms with Crippen LogP contribution in [0.5, 0.6) is 11.5 Å². The predicted molar refractivity (Wildman–Crippen MR) is 143 cm³/mol. The highest BCUT2D eigenvalue weighted by Gasteiger charge is 2.72. The van der Waals surface area contributed by atoms with E-state index >= 15 is 0 Å². The molecule has 6 aliphatic rings. The standard InChI is InChI=1S/C31H34FN3O4/c32-21-4-6-22(7-5-21)33-13-15-34(16-14-33)29(37)23-9-10-31(38)25-17-20-3-8-24(36)27-26(20)30(31,28(23)39-27)11-12-35(25)18-19-1-2-19/h3-9,19,25,28,36,38H,1-2,10-18H2/t25-,28+,30+,31-/m1/s1. The summed E-state index contributed by atoms with van der Waals surface area (Å²) in [6, 6.07) is 10.1. The molecule has 4 atom stereocenters. The molecule has 3 heterocycles. The number of phenols is 1. The molecule has 1 spiro atoms. The Morgan fingerprint density at radius 1 is 1.05 bits per heavy atom. The molecule has 8 heteroatoms. The smallest absolute Gasteiger partial charge is 0.253 e. The highest BCUT2D eigenvalue weighted by Crippen LogP contribution is 2.65. The van der Waals surface area contributed by atoms with Crippen molar-refractivity contribution in [3.63, 3.8) is 0 Å². The molecule has 0 radical (unpaired) electrons. The third-order valence-corrected chi connectivity index (χ3v) is 10.4. The van der Waals surface area contributed by atoms with Gasteiger partial charge in [0.05, 0.1) is 16.6 Å². The second-order valence-corrected chi connectivity index (χ2v) is 12.4. The van der Waals surface area contributed by atoms with Crippen LogP contribution in [-0.4, -0.2) is 82.9 Å². The molecule has 204 valence electrons. The summed E-state index contributed by atoms with van der Waals surface area (Å²) in [6.07, 6.45) is 5.67. The second-order valence-electron chi connectivity index (χ2n) is 12.4. The van der Waals surface area contributed by atoms with Crippen LogP contribution in [0.1, 0.15) is 36.8 Å².